The molecule has 2 nitrogen and oxygen atoms in total. The fourth-order valence-electron chi connectivity index (χ4n) is 3.39. The van der Waals surface area contributed by atoms with E-state index in [9.17, 15) is 0 Å². The molecular formula is C14H27NO. The second kappa shape index (κ2) is 4.30. The van der Waals surface area contributed by atoms with Crippen LogP contribution in [0.4, 0.5) is 0 Å². The van der Waals surface area contributed by atoms with E-state index in [1.54, 1.807) is 0 Å². The van der Waals surface area contributed by atoms with Crippen molar-refractivity contribution in [3.8, 4) is 0 Å². The third kappa shape index (κ3) is 2.28. The summed E-state index contributed by atoms with van der Waals surface area (Å²) in [6, 6.07) is 0.825. The van der Waals surface area contributed by atoms with Gasteiger partial charge in [0.05, 0.1) is 12.2 Å². The molecule has 0 radical (unpaired) electrons. The molecule has 0 spiro atoms. The Bertz CT molecular complexity index is 246. The molecule has 0 aromatic rings. The number of rotatable bonds is 3. The van der Waals surface area contributed by atoms with Gasteiger partial charge in [0, 0.05) is 11.6 Å². The van der Waals surface area contributed by atoms with E-state index in [0.717, 1.165) is 12.6 Å². The molecule has 2 atom stereocenters. The Labute approximate surface area is 100 Å². The molecule has 2 aliphatic rings. The zero-order valence-corrected chi connectivity index (χ0v) is 11.4. The van der Waals surface area contributed by atoms with Crippen LogP contribution in [0.1, 0.15) is 59.8 Å². The molecule has 2 rings (SSSR count). The summed E-state index contributed by atoms with van der Waals surface area (Å²) in [5.74, 6) is 0. The van der Waals surface area contributed by atoms with E-state index < -0.39 is 0 Å². The van der Waals surface area contributed by atoms with Gasteiger partial charge >= 0.3 is 0 Å². The van der Waals surface area contributed by atoms with Crippen LogP contribution in [-0.2, 0) is 4.74 Å². The maximum atomic E-state index is 6.07. The van der Waals surface area contributed by atoms with Gasteiger partial charge in [-0.15, -0.1) is 0 Å². The van der Waals surface area contributed by atoms with Crippen LogP contribution in [0.2, 0.25) is 0 Å². The van der Waals surface area contributed by atoms with Crippen LogP contribution in [0.25, 0.3) is 0 Å². The summed E-state index contributed by atoms with van der Waals surface area (Å²) in [4.78, 5) is 2.75. The van der Waals surface area contributed by atoms with Crippen molar-refractivity contribution in [1.82, 2.24) is 4.90 Å². The molecule has 0 aromatic heterocycles. The highest BCUT2D eigenvalue weighted by molar-refractivity contribution is 5.04. The molecule has 2 heteroatoms. The van der Waals surface area contributed by atoms with Gasteiger partial charge in [0.2, 0.25) is 0 Å². The number of nitrogens with zero attached hydrogens (tertiary/aromatic N) is 1. The lowest BCUT2D eigenvalue weighted by Gasteiger charge is -2.37. The lowest BCUT2D eigenvalue weighted by molar-refractivity contribution is -0.0568. The minimum Gasteiger partial charge on any atom is -0.374 e. The molecule has 0 saturated carbocycles. The Morgan fingerprint density at radius 3 is 2.69 bits per heavy atom. The van der Waals surface area contributed by atoms with E-state index in [4.69, 9.17) is 4.74 Å². The van der Waals surface area contributed by atoms with E-state index in [1.807, 2.05) is 0 Å². The maximum absolute atomic E-state index is 6.07. The molecule has 0 bridgehead atoms. The summed E-state index contributed by atoms with van der Waals surface area (Å²) in [7, 11) is 0. The molecule has 2 aliphatic heterocycles. The van der Waals surface area contributed by atoms with Gasteiger partial charge in [0.1, 0.15) is 0 Å². The number of hydrogen-bond acceptors (Lipinski definition) is 2. The van der Waals surface area contributed by atoms with Crippen molar-refractivity contribution in [2.75, 3.05) is 13.2 Å². The minimum atomic E-state index is 0.00725. The van der Waals surface area contributed by atoms with E-state index in [0.29, 0.717) is 5.54 Å². The molecule has 0 aliphatic carbocycles. The van der Waals surface area contributed by atoms with E-state index in [2.05, 4.69) is 32.6 Å². The molecule has 94 valence electrons. The third-order valence-electron chi connectivity index (χ3n) is 4.28. The standard InChI is InChI=1S/C14H27NO/c1-5-12-7-9-14(8-6-10-15(12)14)11-16-13(2,3)4/h12H,5-11H2,1-4H3/t12-,14+/m1/s1. The summed E-state index contributed by atoms with van der Waals surface area (Å²) >= 11 is 0. The SMILES string of the molecule is CC[C@@H]1CC[C@]2(COC(C)(C)C)CCCN12. The molecule has 2 saturated heterocycles. The molecule has 0 N–H and O–H groups in total. The summed E-state index contributed by atoms with van der Waals surface area (Å²) in [5, 5.41) is 0. The van der Waals surface area contributed by atoms with Gasteiger partial charge in [-0.05, 0) is 59.4 Å². The van der Waals surface area contributed by atoms with Crippen LogP contribution >= 0.6 is 0 Å². The highest BCUT2D eigenvalue weighted by Crippen LogP contribution is 2.43. The number of hydrogen-bond donors (Lipinski definition) is 0. The van der Waals surface area contributed by atoms with Crippen molar-refractivity contribution in [3.63, 3.8) is 0 Å². The van der Waals surface area contributed by atoms with Gasteiger partial charge < -0.3 is 4.74 Å². The van der Waals surface area contributed by atoms with Crippen molar-refractivity contribution < 1.29 is 4.74 Å². The van der Waals surface area contributed by atoms with Crippen LogP contribution in [0.15, 0.2) is 0 Å². The molecule has 0 amide bonds. The summed E-state index contributed by atoms with van der Waals surface area (Å²) in [6.45, 7) is 11.0. The van der Waals surface area contributed by atoms with Crippen LogP contribution < -0.4 is 0 Å². The van der Waals surface area contributed by atoms with Crippen molar-refractivity contribution in [3.05, 3.63) is 0 Å². The van der Waals surface area contributed by atoms with Crippen molar-refractivity contribution in [1.29, 1.82) is 0 Å². The quantitative estimate of drug-likeness (QED) is 0.731. The van der Waals surface area contributed by atoms with Gasteiger partial charge in [-0.1, -0.05) is 6.92 Å². The number of ether oxygens (including phenoxy) is 1. The first-order valence-corrected chi connectivity index (χ1v) is 6.88. The Hall–Kier alpha value is -0.0800. The summed E-state index contributed by atoms with van der Waals surface area (Å²) in [6.07, 6.45) is 6.74. The second-order valence-electron chi connectivity index (χ2n) is 6.52. The monoisotopic (exact) mass is 225 g/mol. The van der Waals surface area contributed by atoms with E-state index in [-0.39, 0.29) is 5.60 Å². The molecule has 0 aromatic carbocycles. The molecular weight excluding hydrogens is 198 g/mol. The molecule has 16 heavy (non-hydrogen) atoms. The van der Waals surface area contributed by atoms with Crippen molar-refractivity contribution in [2.24, 2.45) is 0 Å². The Morgan fingerprint density at radius 2 is 2.06 bits per heavy atom. The third-order valence-corrected chi connectivity index (χ3v) is 4.28. The van der Waals surface area contributed by atoms with Crippen LogP contribution in [-0.4, -0.2) is 35.2 Å². The fraction of sp³-hybridized carbons (Fsp3) is 1.00. The Kier molecular flexibility index (Phi) is 3.33. The van der Waals surface area contributed by atoms with Crippen LogP contribution in [0.3, 0.4) is 0 Å². The largest absolute Gasteiger partial charge is 0.374 e. The average molecular weight is 225 g/mol. The minimum absolute atomic E-state index is 0.00725. The predicted molar refractivity (Wildman–Crippen MR) is 67.7 cm³/mol. The van der Waals surface area contributed by atoms with Crippen molar-refractivity contribution in [2.45, 2.75) is 77.0 Å². The van der Waals surface area contributed by atoms with Crippen LogP contribution in [0, 0.1) is 0 Å². The maximum Gasteiger partial charge on any atom is 0.0657 e. The van der Waals surface area contributed by atoms with E-state index in [1.165, 1.54) is 38.6 Å². The average Bonchev–Trinajstić information content (AvgIpc) is 2.71. The number of fused-ring (bicyclic) bond motifs is 1. The van der Waals surface area contributed by atoms with Gasteiger partial charge in [-0.25, -0.2) is 0 Å². The van der Waals surface area contributed by atoms with Gasteiger partial charge in [0.15, 0.2) is 0 Å². The van der Waals surface area contributed by atoms with Gasteiger partial charge in [-0.3, -0.25) is 4.90 Å². The molecule has 0 unspecified atom stereocenters. The van der Waals surface area contributed by atoms with Gasteiger partial charge in [0.25, 0.3) is 0 Å². The molecule has 2 fully saturated rings. The first-order valence-electron chi connectivity index (χ1n) is 6.88. The molecule has 2 heterocycles. The fourth-order valence-corrected chi connectivity index (χ4v) is 3.39. The van der Waals surface area contributed by atoms with Crippen molar-refractivity contribution >= 4 is 0 Å². The lowest BCUT2D eigenvalue weighted by atomic mass is 9.95. The predicted octanol–water partition coefficient (Wildman–Crippen LogP) is 3.21. The van der Waals surface area contributed by atoms with Crippen LogP contribution in [0.5, 0.6) is 0 Å². The van der Waals surface area contributed by atoms with Gasteiger partial charge in [-0.2, -0.15) is 0 Å². The highest BCUT2D eigenvalue weighted by atomic mass is 16.5. The second-order valence-corrected chi connectivity index (χ2v) is 6.52. The Morgan fingerprint density at radius 1 is 1.31 bits per heavy atom. The first kappa shape index (κ1) is 12.4. The Balaban J connectivity index is 2.01. The zero-order chi connectivity index (χ0) is 11.8. The topological polar surface area (TPSA) is 12.5 Å². The van der Waals surface area contributed by atoms with E-state index >= 15 is 0 Å². The smallest absolute Gasteiger partial charge is 0.0657 e. The highest BCUT2D eigenvalue weighted by Gasteiger charge is 2.48. The lowest BCUT2D eigenvalue weighted by Crippen LogP contribution is -2.47. The summed E-state index contributed by atoms with van der Waals surface area (Å²) < 4.78 is 6.07. The summed E-state index contributed by atoms with van der Waals surface area (Å²) in [5.41, 5.74) is 0.404. The normalized spacial score (nSPS) is 35.6. The zero-order valence-electron chi connectivity index (χ0n) is 11.4. The first-order chi connectivity index (χ1) is 7.47.